The lowest BCUT2D eigenvalue weighted by Crippen LogP contribution is -1.94. The summed E-state index contributed by atoms with van der Waals surface area (Å²) in [6, 6.07) is 10.4. The molecule has 0 N–H and O–H groups in total. The van der Waals surface area contributed by atoms with E-state index in [0.717, 1.165) is 11.6 Å². The number of aromatic nitrogens is 1. The van der Waals surface area contributed by atoms with Crippen LogP contribution in [0.15, 0.2) is 53.1 Å². The van der Waals surface area contributed by atoms with E-state index in [-0.39, 0.29) is 5.56 Å². The average molecular weight is 332 g/mol. The number of benzene rings is 2. The molecule has 2 aromatic carbocycles. The second-order valence-corrected chi connectivity index (χ2v) is 5.43. The van der Waals surface area contributed by atoms with E-state index in [1.54, 1.807) is 43.5 Å². The van der Waals surface area contributed by atoms with Gasteiger partial charge >= 0.3 is 0 Å². The van der Waals surface area contributed by atoms with Crippen molar-refractivity contribution >= 4 is 23.3 Å². The molecule has 0 unspecified atom stereocenters. The molecule has 0 spiro atoms. The van der Waals surface area contributed by atoms with Gasteiger partial charge in [-0.3, -0.25) is 0 Å². The third kappa shape index (κ3) is 3.48. The average Bonchev–Trinajstić information content (AvgIpc) is 2.92. The molecule has 1 heterocycles. The van der Waals surface area contributed by atoms with E-state index < -0.39 is 11.6 Å². The SMILES string of the molecule is Cc1cnc(/C=C(\c2ccc(Cl)cc2)c2ccc(F)cc2F)o1. The van der Waals surface area contributed by atoms with Crippen LogP contribution in [-0.4, -0.2) is 4.98 Å². The fourth-order valence-corrected chi connectivity index (χ4v) is 2.34. The van der Waals surface area contributed by atoms with Crippen LogP contribution in [0.25, 0.3) is 11.6 Å². The molecule has 0 radical (unpaired) electrons. The monoisotopic (exact) mass is 331 g/mol. The highest BCUT2D eigenvalue weighted by Crippen LogP contribution is 2.29. The van der Waals surface area contributed by atoms with Gasteiger partial charge in [-0.15, -0.1) is 0 Å². The summed E-state index contributed by atoms with van der Waals surface area (Å²) in [4.78, 5) is 4.11. The van der Waals surface area contributed by atoms with Gasteiger partial charge in [-0.05, 0) is 42.3 Å². The zero-order valence-corrected chi connectivity index (χ0v) is 12.9. The number of hydrogen-bond acceptors (Lipinski definition) is 2. The number of hydrogen-bond donors (Lipinski definition) is 0. The van der Waals surface area contributed by atoms with Crippen molar-refractivity contribution < 1.29 is 13.2 Å². The lowest BCUT2D eigenvalue weighted by molar-refractivity contribution is 0.517. The molecule has 0 aliphatic carbocycles. The Kier molecular flexibility index (Phi) is 4.26. The highest BCUT2D eigenvalue weighted by molar-refractivity contribution is 6.30. The Morgan fingerprint density at radius 3 is 2.48 bits per heavy atom. The van der Waals surface area contributed by atoms with Gasteiger partial charge in [0, 0.05) is 22.7 Å². The third-order valence-corrected chi connectivity index (χ3v) is 3.54. The Morgan fingerprint density at radius 1 is 1.13 bits per heavy atom. The Labute approximate surface area is 137 Å². The first-order valence-corrected chi connectivity index (χ1v) is 7.26. The minimum absolute atomic E-state index is 0.254. The molecule has 23 heavy (non-hydrogen) atoms. The van der Waals surface area contributed by atoms with Gasteiger partial charge in [-0.2, -0.15) is 0 Å². The van der Waals surface area contributed by atoms with Crippen LogP contribution in [0.4, 0.5) is 8.78 Å². The molecule has 0 amide bonds. The van der Waals surface area contributed by atoms with E-state index in [4.69, 9.17) is 16.0 Å². The lowest BCUT2D eigenvalue weighted by atomic mass is 9.97. The largest absolute Gasteiger partial charge is 0.442 e. The van der Waals surface area contributed by atoms with Crippen molar-refractivity contribution in [3.8, 4) is 0 Å². The quantitative estimate of drug-likeness (QED) is 0.633. The van der Waals surface area contributed by atoms with Crippen LogP contribution in [0.5, 0.6) is 0 Å². The predicted octanol–water partition coefficient (Wildman–Crippen LogP) is 5.50. The molecule has 0 saturated carbocycles. The fourth-order valence-electron chi connectivity index (χ4n) is 2.22. The zero-order chi connectivity index (χ0) is 16.4. The van der Waals surface area contributed by atoms with Crippen molar-refractivity contribution in [3.05, 3.63) is 88.1 Å². The molecular weight excluding hydrogens is 320 g/mol. The Balaban J connectivity index is 2.17. The number of nitrogens with zero attached hydrogens (tertiary/aromatic N) is 1. The molecule has 0 fully saturated rings. The van der Waals surface area contributed by atoms with Crippen molar-refractivity contribution in [2.24, 2.45) is 0 Å². The molecular formula is C18H12ClF2NO. The molecule has 0 aliphatic rings. The Bertz CT molecular complexity index is 869. The van der Waals surface area contributed by atoms with Crippen LogP contribution in [-0.2, 0) is 0 Å². The van der Waals surface area contributed by atoms with Crippen molar-refractivity contribution in [3.63, 3.8) is 0 Å². The Hall–Kier alpha value is -2.46. The van der Waals surface area contributed by atoms with E-state index in [9.17, 15) is 8.78 Å². The van der Waals surface area contributed by atoms with Gasteiger partial charge in [0.05, 0.1) is 6.20 Å². The van der Waals surface area contributed by atoms with Crippen LogP contribution in [0, 0.1) is 18.6 Å². The number of halogens is 3. The van der Waals surface area contributed by atoms with Crippen LogP contribution in [0.3, 0.4) is 0 Å². The van der Waals surface area contributed by atoms with Gasteiger partial charge in [0.25, 0.3) is 0 Å². The van der Waals surface area contributed by atoms with Crippen LogP contribution < -0.4 is 0 Å². The summed E-state index contributed by atoms with van der Waals surface area (Å²) in [7, 11) is 0. The molecule has 1 aromatic heterocycles. The first kappa shape index (κ1) is 15.4. The molecule has 0 aliphatic heterocycles. The van der Waals surface area contributed by atoms with Gasteiger partial charge < -0.3 is 4.42 Å². The van der Waals surface area contributed by atoms with Gasteiger partial charge in [0.15, 0.2) is 0 Å². The molecule has 116 valence electrons. The van der Waals surface area contributed by atoms with Crippen LogP contribution >= 0.6 is 11.6 Å². The van der Waals surface area contributed by atoms with E-state index in [0.29, 0.717) is 22.2 Å². The first-order valence-electron chi connectivity index (χ1n) is 6.88. The zero-order valence-electron chi connectivity index (χ0n) is 12.2. The van der Waals surface area contributed by atoms with Gasteiger partial charge in [0.1, 0.15) is 17.4 Å². The number of rotatable bonds is 3. The van der Waals surface area contributed by atoms with Crippen molar-refractivity contribution in [1.82, 2.24) is 4.98 Å². The molecule has 2 nitrogen and oxygen atoms in total. The molecule has 5 heteroatoms. The summed E-state index contributed by atoms with van der Waals surface area (Å²) in [5, 5.41) is 0.569. The number of aryl methyl sites for hydroxylation is 1. The van der Waals surface area contributed by atoms with E-state index in [2.05, 4.69) is 4.98 Å². The Morgan fingerprint density at radius 2 is 1.87 bits per heavy atom. The molecule has 3 aromatic rings. The van der Waals surface area contributed by atoms with Crippen molar-refractivity contribution in [1.29, 1.82) is 0 Å². The normalized spacial score (nSPS) is 11.7. The molecule has 0 saturated heterocycles. The van der Waals surface area contributed by atoms with Crippen LogP contribution in [0.2, 0.25) is 5.02 Å². The molecule has 0 bridgehead atoms. The van der Waals surface area contributed by atoms with E-state index >= 15 is 0 Å². The minimum atomic E-state index is -0.658. The van der Waals surface area contributed by atoms with Crippen LogP contribution in [0.1, 0.15) is 22.8 Å². The van der Waals surface area contributed by atoms with E-state index in [1.165, 1.54) is 12.1 Å². The molecule has 0 atom stereocenters. The summed E-state index contributed by atoms with van der Waals surface area (Å²) in [5.74, 6) is -0.300. The number of oxazole rings is 1. The summed E-state index contributed by atoms with van der Waals surface area (Å²) < 4.78 is 32.8. The topological polar surface area (TPSA) is 26.0 Å². The maximum absolute atomic E-state index is 14.2. The summed E-state index contributed by atoms with van der Waals surface area (Å²) >= 11 is 5.90. The van der Waals surface area contributed by atoms with Gasteiger partial charge in [0.2, 0.25) is 5.89 Å². The maximum Gasteiger partial charge on any atom is 0.219 e. The minimum Gasteiger partial charge on any atom is -0.442 e. The lowest BCUT2D eigenvalue weighted by Gasteiger charge is -2.09. The smallest absolute Gasteiger partial charge is 0.219 e. The van der Waals surface area contributed by atoms with Gasteiger partial charge in [-0.1, -0.05) is 23.7 Å². The molecule has 3 rings (SSSR count). The predicted molar refractivity (Wildman–Crippen MR) is 86.0 cm³/mol. The summed E-state index contributed by atoms with van der Waals surface area (Å²) in [5.41, 5.74) is 1.50. The highest BCUT2D eigenvalue weighted by Gasteiger charge is 2.13. The van der Waals surface area contributed by atoms with Crippen molar-refractivity contribution in [2.75, 3.05) is 0 Å². The highest BCUT2D eigenvalue weighted by atomic mass is 35.5. The summed E-state index contributed by atoms with van der Waals surface area (Å²) in [6.07, 6.45) is 3.19. The second kappa shape index (κ2) is 6.34. The maximum atomic E-state index is 14.2. The summed E-state index contributed by atoms with van der Waals surface area (Å²) in [6.45, 7) is 1.77. The third-order valence-electron chi connectivity index (χ3n) is 3.28. The fraction of sp³-hybridized carbons (Fsp3) is 0.0556. The second-order valence-electron chi connectivity index (χ2n) is 5.00. The van der Waals surface area contributed by atoms with Crippen molar-refractivity contribution in [2.45, 2.75) is 6.92 Å². The standard InChI is InChI=1S/C18H12ClF2NO/c1-11-10-22-18(23-11)9-16(12-2-4-13(19)5-3-12)15-7-6-14(20)8-17(15)21/h2-10H,1H3/b16-9+. The van der Waals surface area contributed by atoms with E-state index in [1.807, 2.05) is 0 Å². The van der Waals surface area contributed by atoms with Gasteiger partial charge in [-0.25, -0.2) is 13.8 Å². The first-order chi connectivity index (χ1) is 11.0.